The average molecular weight is 441 g/mol. The summed E-state index contributed by atoms with van der Waals surface area (Å²) in [6, 6.07) is 10.8. The van der Waals surface area contributed by atoms with Crippen molar-refractivity contribution in [1.82, 2.24) is 21.2 Å². The average Bonchev–Trinajstić information content (AvgIpc) is 2.75. The molecule has 2 aromatic rings. The lowest BCUT2D eigenvalue weighted by Crippen LogP contribution is -2.52. The summed E-state index contributed by atoms with van der Waals surface area (Å²) in [5, 5.41) is 3.56. The Morgan fingerprint density at radius 1 is 1.13 bits per heavy atom. The van der Waals surface area contributed by atoms with E-state index in [9.17, 15) is 9.59 Å². The van der Waals surface area contributed by atoms with Crippen LogP contribution >= 0.6 is 11.8 Å². The highest BCUT2D eigenvalue weighted by atomic mass is 32.2. The summed E-state index contributed by atoms with van der Waals surface area (Å²) in [7, 11) is 0. The highest BCUT2D eigenvalue weighted by Gasteiger charge is 2.23. The van der Waals surface area contributed by atoms with E-state index in [1.807, 2.05) is 45.0 Å². The second-order valence-corrected chi connectivity index (χ2v) is 9.01. The summed E-state index contributed by atoms with van der Waals surface area (Å²) < 4.78 is 0. The number of thioether (sulfide) groups is 1. The Labute approximate surface area is 189 Å². The van der Waals surface area contributed by atoms with Crippen molar-refractivity contribution in [2.45, 2.75) is 57.5 Å². The summed E-state index contributed by atoms with van der Waals surface area (Å²) in [6.07, 6.45) is 5.03. The van der Waals surface area contributed by atoms with E-state index in [1.165, 1.54) is 0 Å². The minimum Gasteiger partial charge on any atom is -0.328 e. The van der Waals surface area contributed by atoms with Gasteiger partial charge < -0.3 is 5.32 Å². The molecular weight excluding hydrogens is 408 g/mol. The van der Waals surface area contributed by atoms with Crippen LogP contribution in [0.15, 0.2) is 54.2 Å². The van der Waals surface area contributed by atoms with Crippen LogP contribution in [0.2, 0.25) is 0 Å². The molecule has 7 heteroatoms. The molecule has 0 aliphatic heterocycles. The number of rotatable bonds is 9. The Hall–Kier alpha value is -2.80. The molecule has 0 aliphatic carbocycles. The van der Waals surface area contributed by atoms with Crippen LogP contribution in [-0.2, 0) is 5.54 Å². The van der Waals surface area contributed by atoms with Crippen molar-refractivity contribution < 1.29 is 9.59 Å². The maximum Gasteiger partial charge on any atom is 0.334 e. The highest BCUT2D eigenvalue weighted by molar-refractivity contribution is 7.99. The molecule has 0 bridgehead atoms. The number of hydrogen-bond acceptors (Lipinski definition) is 4. The third-order valence-electron chi connectivity index (χ3n) is 4.80. The predicted octanol–water partition coefficient (Wildman–Crippen LogP) is 5.28. The number of hydrogen-bond donors (Lipinski definition) is 3. The molecule has 166 valence electrons. The number of benzene rings is 1. The number of aromatic nitrogens is 1. The van der Waals surface area contributed by atoms with E-state index in [0.29, 0.717) is 10.6 Å². The number of pyridine rings is 1. The number of allylic oxidation sites excluding steroid dienone is 1. The molecule has 1 aromatic heterocycles. The third kappa shape index (κ3) is 7.43. The van der Waals surface area contributed by atoms with Crippen molar-refractivity contribution in [3.05, 3.63) is 65.9 Å². The molecular formula is C24H32N4O2S. The van der Waals surface area contributed by atoms with Gasteiger partial charge in [0.1, 0.15) is 5.03 Å². The first-order valence-corrected chi connectivity index (χ1v) is 11.5. The lowest BCUT2D eigenvalue weighted by Gasteiger charge is -2.27. The Balaban J connectivity index is 1.96. The van der Waals surface area contributed by atoms with Crippen LogP contribution < -0.4 is 16.2 Å². The fourth-order valence-corrected chi connectivity index (χ4v) is 3.93. The van der Waals surface area contributed by atoms with Gasteiger partial charge in [-0.2, -0.15) is 0 Å². The second-order valence-electron chi connectivity index (χ2n) is 7.93. The number of carbonyl (C=O) groups is 2. The van der Waals surface area contributed by atoms with E-state index >= 15 is 0 Å². The molecule has 0 unspecified atom stereocenters. The molecule has 1 aromatic carbocycles. The normalized spacial score (nSPS) is 11.0. The van der Waals surface area contributed by atoms with Gasteiger partial charge in [-0.05, 0) is 62.3 Å². The zero-order chi connectivity index (χ0) is 22.9. The topological polar surface area (TPSA) is 83.1 Å². The summed E-state index contributed by atoms with van der Waals surface area (Å²) in [5.41, 5.74) is 7.62. The quantitative estimate of drug-likeness (QED) is 0.282. The first kappa shape index (κ1) is 24.5. The third-order valence-corrected chi connectivity index (χ3v) is 5.89. The molecule has 3 N–H and O–H groups in total. The fourth-order valence-electron chi connectivity index (χ4n) is 2.94. The molecule has 2 rings (SSSR count). The number of carbonyl (C=O) groups excluding carboxylic acids is 2. The Bertz CT molecular complexity index is 927. The lowest BCUT2D eigenvalue weighted by molar-refractivity contribution is 0.0931. The standard InChI is InChI=1S/C24H32N4O2S/c1-6-7-8-15-31-22-20(13-10-14-25-22)21(29)27-28-23(30)26-24(4,5)19-12-9-11-18(16-19)17(2)3/h9-14,16H,2,6-8,15H2,1,3-5H3,(H,27,29)(H2,26,28,30). The second kappa shape index (κ2) is 11.6. The molecule has 0 saturated carbocycles. The molecule has 3 amide bonds. The molecule has 0 atom stereocenters. The minimum absolute atomic E-state index is 0.400. The van der Waals surface area contributed by atoms with Gasteiger partial charge in [-0.15, -0.1) is 11.8 Å². The van der Waals surface area contributed by atoms with E-state index in [-0.39, 0.29) is 0 Å². The SMILES string of the molecule is C=C(C)c1cccc(C(C)(C)NC(=O)NNC(=O)c2cccnc2SCCCCC)c1. The molecule has 1 heterocycles. The first-order chi connectivity index (χ1) is 14.7. The van der Waals surface area contributed by atoms with Gasteiger partial charge in [-0.3, -0.25) is 10.2 Å². The molecule has 31 heavy (non-hydrogen) atoms. The maximum absolute atomic E-state index is 12.6. The zero-order valence-corrected chi connectivity index (χ0v) is 19.6. The van der Waals surface area contributed by atoms with E-state index in [0.717, 1.165) is 41.7 Å². The summed E-state index contributed by atoms with van der Waals surface area (Å²) >= 11 is 1.55. The van der Waals surface area contributed by atoms with Crippen LogP contribution in [0.3, 0.4) is 0 Å². The minimum atomic E-state index is -0.644. The first-order valence-electron chi connectivity index (χ1n) is 10.5. The van der Waals surface area contributed by atoms with Gasteiger partial charge in [0, 0.05) is 6.20 Å². The molecule has 0 radical (unpaired) electrons. The van der Waals surface area contributed by atoms with Crippen LogP contribution in [-0.4, -0.2) is 22.7 Å². The van der Waals surface area contributed by atoms with Gasteiger partial charge in [0.05, 0.1) is 11.1 Å². The number of hydrazine groups is 1. The van der Waals surface area contributed by atoms with E-state index < -0.39 is 17.5 Å². The molecule has 6 nitrogen and oxygen atoms in total. The van der Waals surface area contributed by atoms with Crippen molar-refractivity contribution >= 4 is 29.3 Å². The van der Waals surface area contributed by atoms with Gasteiger partial charge in [-0.1, -0.05) is 50.1 Å². The number of nitrogens with one attached hydrogen (secondary N) is 3. The van der Waals surface area contributed by atoms with Crippen LogP contribution in [0.4, 0.5) is 4.79 Å². The Morgan fingerprint density at radius 3 is 2.61 bits per heavy atom. The molecule has 0 aliphatic rings. The van der Waals surface area contributed by atoms with Crippen molar-refractivity contribution in [2.75, 3.05) is 5.75 Å². The maximum atomic E-state index is 12.6. The number of nitrogens with zero attached hydrogens (tertiary/aromatic N) is 1. The van der Waals surface area contributed by atoms with Crippen LogP contribution in [0.5, 0.6) is 0 Å². The lowest BCUT2D eigenvalue weighted by atomic mass is 9.92. The smallest absolute Gasteiger partial charge is 0.328 e. The van der Waals surface area contributed by atoms with Crippen molar-refractivity contribution in [3.63, 3.8) is 0 Å². The summed E-state index contributed by atoms with van der Waals surface area (Å²) in [6.45, 7) is 11.9. The highest BCUT2D eigenvalue weighted by Crippen LogP contribution is 2.24. The number of urea groups is 1. The number of unbranched alkanes of at least 4 members (excludes halogenated alkanes) is 2. The molecule has 0 fully saturated rings. The van der Waals surface area contributed by atoms with Crippen LogP contribution in [0, 0.1) is 0 Å². The summed E-state index contributed by atoms with van der Waals surface area (Å²) in [4.78, 5) is 29.4. The van der Waals surface area contributed by atoms with Gasteiger partial charge in [-0.25, -0.2) is 15.2 Å². The predicted molar refractivity (Wildman–Crippen MR) is 128 cm³/mol. The van der Waals surface area contributed by atoms with Crippen molar-refractivity contribution in [3.8, 4) is 0 Å². The van der Waals surface area contributed by atoms with Crippen molar-refractivity contribution in [2.24, 2.45) is 0 Å². The molecule has 0 saturated heterocycles. The fraction of sp³-hybridized carbons (Fsp3) is 0.375. The van der Waals surface area contributed by atoms with E-state index in [2.05, 4.69) is 34.7 Å². The van der Waals surface area contributed by atoms with Crippen molar-refractivity contribution in [1.29, 1.82) is 0 Å². The van der Waals surface area contributed by atoms with E-state index in [4.69, 9.17) is 0 Å². The monoisotopic (exact) mass is 440 g/mol. The van der Waals surface area contributed by atoms with Gasteiger partial charge in [0.15, 0.2) is 0 Å². The van der Waals surface area contributed by atoms with Gasteiger partial charge >= 0.3 is 6.03 Å². The van der Waals surface area contributed by atoms with Gasteiger partial charge in [0.25, 0.3) is 5.91 Å². The van der Waals surface area contributed by atoms with Crippen LogP contribution in [0.25, 0.3) is 5.57 Å². The zero-order valence-electron chi connectivity index (χ0n) is 18.7. The Kier molecular flexibility index (Phi) is 9.12. The number of amides is 3. The largest absolute Gasteiger partial charge is 0.334 e. The Morgan fingerprint density at radius 2 is 1.90 bits per heavy atom. The van der Waals surface area contributed by atoms with Gasteiger partial charge in [0.2, 0.25) is 0 Å². The summed E-state index contributed by atoms with van der Waals surface area (Å²) in [5.74, 6) is 0.500. The molecule has 0 spiro atoms. The van der Waals surface area contributed by atoms with Crippen LogP contribution in [0.1, 0.15) is 68.4 Å². The van der Waals surface area contributed by atoms with E-state index in [1.54, 1.807) is 30.1 Å².